The lowest BCUT2D eigenvalue weighted by molar-refractivity contribution is 0.265. The van der Waals surface area contributed by atoms with Gasteiger partial charge in [0.1, 0.15) is 5.82 Å². The van der Waals surface area contributed by atoms with Crippen molar-refractivity contribution < 1.29 is 9.50 Å². The van der Waals surface area contributed by atoms with Gasteiger partial charge in [-0.3, -0.25) is 0 Å². The molecular formula is C11H11BrFN3O. The van der Waals surface area contributed by atoms with Crippen LogP contribution in [0.3, 0.4) is 0 Å². The molecule has 0 fully saturated rings. The Morgan fingerprint density at radius 3 is 2.94 bits per heavy atom. The number of hydrogen-bond acceptors (Lipinski definition) is 3. The van der Waals surface area contributed by atoms with Crippen molar-refractivity contribution in [1.29, 1.82) is 0 Å². The van der Waals surface area contributed by atoms with E-state index in [-0.39, 0.29) is 12.4 Å². The van der Waals surface area contributed by atoms with E-state index in [4.69, 9.17) is 10.8 Å². The number of nitrogens with two attached hydrogens (primary N) is 1. The third-order valence-electron chi connectivity index (χ3n) is 2.41. The minimum Gasteiger partial charge on any atom is -0.394 e. The third-order valence-corrected chi connectivity index (χ3v) is 3.05. The van der Waals surface area contributed by atoms with Crippen LogP contribution < -0.4 is 5.73 Å². The van der Waals surface area contributed by atoms with Crippen molar-refractivity contribution in [3.05, 3.63) is 46.7 Å². The Morgan fingerprint density at radius 2 is 2.29 bits per heavy atom. The SMILES string of the molecule is NC(CO)c1cncn1-c1ccc(F)cc1Br. The smallest absolute Gasteiger partial charge is 0.124 e. The predicted molar refractivity (Wildman–Crippen MR) is 65.2 cm³/mol. The first kappa shape index (κ1) is 12.2. The van der Waals surface area contributed by atoms with E-state index in [1.54, 1.807) is 23.2 Å². The van der Waals surface area contributed by atoms with Crippen LogP contribution in [0.2, 0.25) is 0 Å². The molecular weight excluding hydrogens is 289 g/mol. The number of rotatable bonds is 3. The Labute approximate surface area is 106 Å². The summed E-state index contributed by atoms with van der Waals surface area (Å²) in [5.74, 6) is -0.325. The number of aliphatic hydroxyl groups is 1. The molecule has 6 heteroatoms. The maximum Gasteiger partial charge on any atom is 0.124 e. The summed E-state index contributed by atoms with van der Waals surface area (Å²) in [6.07, 6.45) is 3.15. The molecule has 17 heavy (non-hydrogen) atoms. The molecule has 0 aliphatic carbocycles. The number of halogens is 2. The summed E-state index contributed by atoms with van der Waals surface area (Å²) in [6, 6.07) is 3.82. The standard InChI is InChI=1S/C11H11BrFN3O/c12-8-3-7(13)1-2-10(8)16-6-15-4-11(16)9(14)5-17/h1-4,6,9,17H,5,14H2. The highest BCUT2D eigenvalue weighted by molar-refractivity contribution is 9.10. The predicted octanol–water partition coefficient (Wildman–Crippen LogP) is 1.77. The lowest BCUT2D eigenvalue weighted by atomic mass is 10.2. The molecule has 90 valence electrons. The Balaban J connectivity index is 2.50. The van der Waals surface area contributed by atoms with E-state index >= 15 is 0 Å². The zero-order valence-corrected chi connectivity index (χ0v) is 10.4. The van der Waals surface area contributed by atoms with Crippen molar-refractivity contribution in [2.75, 3.05) is 6.61 Å². The van der Waals surface area contributed by atoms with Gasteiger partial charge in [0.05, 0.1) is 36.6 Å². The van der Waals surface area contributed by atoms with Gasteiger partial charge in [0.15, 0.2) is 0 Å². The van der Waals surface area contributed by atoms with Gasteiger partial charge < -0.3 is 15.4 Å². The topological polar surface area (TPSA) is 64.1 Å². The number of imidazole rings is 1. The molecule has 0 saturated heterocycles. The molecule has 0 aliphatic heterocycles. The average Bonchev–Trinajstić information content (AvgIpc) is 2.77. The van der Waals surface area contributed by atoms with E-state index in [1.807, 2.05) is 0 Å². The quantitative estimate of drug-likeness (QED) is 0.908. The summed E-state index contributed by atoms with van der Waals surface area (Å²) in [7, 11) is 0. The Kier molecular flexibility index (Phi) is 3.56. The third kappa shape index (κ3) is 2.38. The van der Waals surface area contributed by atoms with Crippen LogP contribution in [-0.4, -0.2) is 21.3 Å². The molecule has 0 bridgehead atoms. The second-order valence-corrected chi connectivity index (χ2v) is 4.43. The van der Waals surface area contributed by atoms with Crippen molar-refractivity contribution in [3.8, 4) is 5.69 Å². The van der Waals surface area contributed by atoms with E-state index in [0.717, 1.165) is 5.69 Å². The Hall–Kier alpha value is -1.24. The van der Waals surface area contributed by atoms with Crippen LogP contribution in [0.4, 0.5) is 4.39 Å². The zero-order chi connectivity index (χ0) is 12.4. The Morgan fingerprint density at radius 1 is 1.53 bits per heavy atom. The second kappa shape index (κ2) is 4.95. The van der Waals surface area contributed by atoms with Crippen molar-refractivity contribution in [2.24, 2.45) is 5.73 Å². The lowest BCUT2D eigenvalue weighted by Crippen LogP contribution is -2.18. The lowest BCUT2D eigenvalue weighted by Gasteiger charge is -2.13. The van der Waals surface area contributed by atoms with Gasteiger partial charge in [-0.05, 0) is 34.1 Å². The molecule has 3 N–H and O–H groups in total. The van der Waals surface area contributed by atoms with Crippen molar-refractivity contribution in [3.63, 3.8) is 0 Å². The molecule has 0 spiro atoms. The van der Waals surface area contributed by atoms with Gasteiger partial charge in [-0.15, -0.1) is 0 Å². The van der Waals surface area contributed by atoms with E-state index in [2.05, 4.69) is 20.9 Å². The number of nitrogens with zero attached hydrogens (tertiary/aromatic N) is 2. The highest BCUT2D eigenvalue weighted by Crippen LogP contribution is 2.24. The first-order valence-electron chi connectivity index (χ1n) is 4.97. The van der Waals surface area contributed by atoms with Crippen molar-refractivity contribution in [2.45, 2.75) is 6.04 Å². The van der Waals surface area contributed by atoms with Gasteiger partial charge in [-0.2, -0.15) is 0 Å². The van der Waals surface area contributed by atoms with E-state index in [9.17, 15) is 4.39 Å². The van der Waals surface area contributed by atoms with Gasteiger partial charge >= 0.3 is 0 Å². The van der Waals surface area contributed by atoms with Crippen LogP contribution in [0.5, 0.6) is 0 Å². The first-order valence-corrected chi connectivity index (χ1v) is 5.77. The summed E-state index contributed by atoms with van der Waals surface area (Å²) in [6.45, 7) is -0.176. The molecule has 1 unspecified atom stereocenters. The number of benzene rings is 1. The number of aromatic nitrogens is 2. The van der Waals surface area contributed by atoms with Crippen molar-refractivity contribution >= 4 is 15.9 Å². The summed E-state index contributed by atoms with van der Waals surface area (Å²) >= 11 is 3.28. The average molecular weight is 300 g/mol. The van der Waals surface area contributed by atoms with Crippen molar-refractivity contribution in [1.82, 2.24) is 9.55 Å². The van der Waals surface area contributed by atoms with Gasteiger partial charge in [0.2, 0.25) is 0 Å². The Bertz CT molecular complexity index is 529. The summed E-state index contributed by atoms with van der Waals surface area (Å²) < 4.78 is 15.3. The molecule has 1 atom stereocenters. The first-order chi connectivity index (χ1) is 8.13. The van der Waals surface area contributed by atoms with E-state index in [0.29, 0.717) is 10.2 Å². The molecule has 2 aromatic rings. The minimum absolute atomic E-state index is 0.176. The van der Waals surface area contributed by atoms with Crippen LogP contribution in [0.15, 0.2) is 35.2 Å². The fourth-order valence-electron chi connectivity index (χ4n) is 1.55. The number of hydrogen-bond donors (Lipinski definition) is 2. The van der Waals surface area contributed by atoms with E-state index in [1.165, 1.54) is 12.1 Å². The fourth-order valence-corrected chi connectivity index (χ4v) is 2.09. The maximum absolute atomic E-state index is 13.0. The van der Waals surface area contributed by atoms with Gasteiger partial charge in [0.25, 0.3) is 0 Å². The van der Waals surface area contributed by atoms with Crippen LogP contribution in [-0.2, 0) is 0 Å². The zero-order valence-electron chi connectivity index (χ0n) is 8.85. The molecule has 1 aromatic heterocycles. The molecule has 1 heterocycles. The van der Waals surface area contributed by atoms with Gasteiger partial charge in [-0.25, -0.2) is 9.37 Å². The summed E-state index contributed by atoms with van der Waals surface area (Å²) in [4.78, 5) is 3.99. The van der Waals surface area contributed by atoms with Crippen LogP contribution in [0, 0.1) is 5.82 Å². The number of aliphatic hydroxyl groups excluding tert-OH is 1. The molecule has 4 nitrogen and oxygen atoms in total. The fraction of sp³-hybridized carbons (Fsp3) is 0.182. The molecule has 0 aliphatic rings. The highest BCUT2D eigenvalue weighted by atomic mass is 79.9. The molecule has 2 rings (SSSR count). The summed E-state index contributed by atoms with van der Waals surface area (Å²) in [5, 5.41) is 9.05. The normalized spacial score (nSPS) is 12.7. The maximum atomic E-state index is 13.0. The largest absolute Gasteiger partial charge is 0.394 e. The molecule has 0 radical (unpaired) electrons. The monoisotopic (exact) mass is 299 g/mol. The second-order valence-electron chi connectivity index (χ2n) is 3.57. The highest BCUT2D eigenvalue weighted by Gasteiger charge is 2.13. The molecule has 0 amide bonds. The van der Waals surface area contributed by atoms with Gasteiger partial charge in [-0.1, -0.05) is 0 Å². The van der Waals surface area contributed by atoms with E-state index < -0.39 is 6.04 Å². The van der Waals surface area contributed by atoms with Crippen LogP contribution in [0.25, 0.3) is 5.69 Å². The molecule has 1 aromatic carbocycles. The van der Waals surface area contributed by atoms with Crippen LogP contribution >= 0.6 is 15.9 Å². The van der Waals surface area contributed by atoms with Crippen LogP contribution in [0.1, 0.15) is 11.7 Å². The minimum atomic E-state index is -0.519. The molecule has 0 saturated carbocycles. The summed E-state index contributed by atoms with van der Waals surface area (Å²) in [5.41, 5.74) is 7.15. The van der Waals surface area contributed by atoms with Gasteiger partial charge in [0, 0.05) is 4.47 Å².